The van der Waals surface area contributed by atoms with Crippen molar-refractivity contribution in [1.82, 2.24) is 9.97 Å². The van der Waals surface area contributed by atoms with Crippen LogP contribution in [0.5, 0.6) is 5.88 Å². The third kappa shape index (κ3) is 4.04. The Hall–Kier alpha value is -1.92. The Bertz CT molecular complexity index is 469. The summed E-state index contributed by atoms with van der Waals surface area (Å²) in [6, 6.07) is 0. The predicted molar refractivity (Wildman–Crippen MR) is 72.6 cm³/mol. The Labute approximate surface area is 112 Å². The Morgan fingerprint density at radius 3 is 2.37 bits per heavy atom. The summed E-state index contributed by atoms with van der Waals surface area (Å²) in [4.78, 5) is 19.0. The van der Waals surface area contributed by atoms with E-state index in [4.69, 9.17) is 4.74 Å². The van der Waals surface area contributed by atoms with E-state index in [-0.39, 0.29) is 22.9 Å². The van der Waals surface area contributed by atoms with Crippen molar-refractivity contribution in [2.75, 3.05) is 11.9 Å². The van der Waals surface area contributed by atoms with Gasteiger partial charge in [0.05, 0.1) is 11.5 Å². The van der Waals surface area contributed by atoms with E-state index in [1.54, 1.807) is 6.92 Å². The van der Waals surface area contributed by atoms with Gasteiger partial charge in [-0.3, -0.25) is 10.1 Å². The largest absolute Gasteiger partial charge is 0.473 e. The average Bonchev–Trinajstić information content (AvgIpc) is 2.26. The van der Waals surface area contributed by atoms with Gasteiger partial charge in [0.1, 0.15) is 5.82 Å². The Balaban J connectivity index is 3.39. The molecular weight excluding hydrogens is 248 g/mol. The van der Waals surface area contributed by atoms with Gasteiger partial charge in [-0.25, -0.2) is 4.98 Å². The number of hydrogen-bond donors (Lipinski definition) is 1. The molecule has 0 aliphatic carbocycles. The summed E-state index contributed by atoms with van der Waals surface area (Å²) in [6.45, 7) is 9.68. The van der Waals surface area contributed by atoms with Gasteiger partial charge in [-0.1, -0.05) is 6.92 Å². The van der Waals surface area contributed by atoms with E-state index in [0.29, 0.717) is 18.9 Å². The number of nitrogens with zero attached hydrogens (tertiary/aromatic N) is 3. The molecule has 0 atom stereocenters. The third-order valence-corrected chi connectivity index (χ3v) is 2.17. The van der Waals surface area contributed by atoms with E-state index in [1.165, 1.54) is 0 Å². The van der Waals surface area contributed by atoms with Crippen LogP contribution < -0.4 is 10.1 Å². The Morgan fingerprint density at radius 1 is 1.32 bits per heavy atom. The highest BCUT2D eigenvalue weighted by atomic mass is 16.6. The fourth-order valence-corrected chi connectivity index (χ4v) is 1.48. The zero-order chi connectivity index (χ0) is 14.6. The van der Waals surface area contributed by atoms with Crippen LogP contribution in [0, 0.1) is 10.1 Å². The first-order valence-electron chi connectivity index (χ1n) is 6.24. The summed E-state index contributed by atoms with van der Waals surface area (Å²) < 4.78 is 5.26. The minimum Gasteiger partial charge on any atom is -0.473 e. The molecule has 1 rings (SSSR count). The van der Waals surface area contributed by atoms with Crippen LogP contribution in [0.1, 0.15) is 40.4 Å². The normalized spacial score (nSPS) is 11.2. The molecule has 0 bridgehead atoms. The number of nitro groups is 1. The lowest BCUT2D eigenvalue weighted by Gasteiger charge is -2.21. The number of anilines is 1. The van der Waals surface area contributed by atoms with Crippen molar-refractivity contribution in [2.45, 2.75) is 46.6 Å². The maximum absolute atomic E-state index is 11.2. The molecule has 1 aromatic rings. The highest BCUT2D eigenvalue weighted by Gasteiger charge is 2.28. The highest BCUT2D eigenvalue weighted by molar-refractivity contribution is 5.62. The highest BCUT2D eigenvalue weighted by Crippen LogP contribution is 2.33. The summed E-state index contributed by atoms with van der Waals surface area (Å²) in [5.41, 5.74) is -0.554. The molecule has 7 nitrogen and oxygen atoms in total. The molecule has 19 heavy (non-hydrogen) atoms. The number of aromatic nitrogens is 2. The van der Waals surface area contributed by atoms with E-state index in [2.05, 4.69) is 15.3 Å². The second-order valence-corrected chi connectivity index (χ2v) is 5.06. The van der Waals surface area contributed by atoms with Crippen LogP contribution in [0.4, 0.5) is 11.5 Å². The van der Waals surface area contributed by atoms with Crippen molar-refractivity contribution in [3.63, 3.8) is 0 Å². The topological polar surface area (TPSA) is 90.2 Å². The second kappa shape index (κ2) is 5.81. The van der Waals surface area contributed by atoms with Crippen molar-refractivity contribution in [3.05, 3.63) is 15.9 Å². The maximum atomic E-state index is 11.2. The molecule has 106 valence electrons. The fraction of sp³-hybridized carbons (Fsp3) is 0.667. The van der Waals surface area contributed by atoms with Crippen molar-refractivity contribution in [1.29, 1.82) is 0 Å². The SMILES string of the molecule is CCOc1nc(CC)nc(NC(C)(C)C)c1[N+](=O)[O-]. The van der Waals surface area contributed by atoms with E-state index in [0.717, 1.165) is 0 Å². The minimum atomic E-state index is -0.515. The van der Waals surface area contributed by atoms with Gasteiger partial charge in [0.25, 0.3) is 5.88 Å². The summed E-state index contributed by atoms with van der Waals surface area (Å²) in [7, 11) is 0. The first kappa shape index (κ1) is 15.1. The summed E-state index contributed by atoms with van der Waals surface area (Å²) in [5.74, 6) is 0.736. The molecule has 0 saturated heterocycles. The lowest BCUT2D eigenvalue weighted by Crippen LogP contribution is -2.27. The number of nitrogens with one attached hydrogen (secondary N) is 1. The molecule has 7 heteroatoms. The van der Waals surface area contributed by atoms with E-state index < -0.39 is 4.92 Å². The zero-order valence-corrected chi connectivity index (χ0v) is 12.0. The average molecular weight is 268 g/mol. The van der Waals surface area contributed by atoms with Gasteiger partial charge in [-0.05, 0) is 27.7 Å². The molecule has 1 N–H and O–H groups in total. The van der Waals surface area contributed by atoms with Crippen LogP contribution in [-0.2, 0) is 6.42 Å². The van der Waals surface area contributed by atoms with E-state index in [1.807, 2.05) is 27.7 Å². The van der Waals surface area contributed by atoms with Crippen LogP contribution >= 0.6 is 0 Å². The summed E-state index contributed by atoms with van der Waals surface area (Å²) in [5, 5.41) is 14.2. The molecule has 0 spiro atoms. The summed E-state index contributed by atoms with van der Waals surface area (Å²) >= 11 is 0. The minimum absolute atomic E-state index is 0.0195. The zero-order valence-electron chi connectivity index (χ0n) is 12.0. The first-order chi connectivity index (χ1) is 8.78. The molecule has 0 saturated carbocycles. The molecular formula is C12H20N4O3. The molecule has 0 fully saturated rings. The van der Waals surface area contributed by atoms with Crippen LogP contribution in [-0.4, -0.2) is 27.0 Å². The summed E-state index contributed by atoms with van der Waals surface area (Å²) in [6.07, 6.45) is 0.580. The standard InChI is InChI=1S/C12H20N4O3/c1-6-8-13-10(15-12(3,4)5)9(16(17)18)11(14-8)19-7-2/h6-7H2,1-5H3,(H,13,14,15). The van der Waals surface area contributed by atoms with E-state index in [9.17, 15) is 10.1 Å². The van der Waals surface area contributed by atoms with E-state index >= 15 is 0 Å². The molecule has 0 radical (unpaired) electrons. The third-order valence-electron chi connectivity index (χ3n) is 2.17. The molecule has 0 amide bonds. The Kier molecular flexibility index (Phi) is 4.63. The molecule has 0 aromatic carbocycles. The fourth-order valence-electron chi connectivity index (χ4n) is 1.48. The van der Waals surface area contributed by atoms with Gasteiger partial charge in [0.15, 0.2) is 0 Å². The lowest BCUT2D eigenvalue weighted by atomic mass is 10.1. The van der Waals surface area contributed by atoms with Crippen LogP contribution in [0.3, 0.4) is 0 Å². The number of aryl methyl sites for hydroxylation is 1. The van der Waals surface area contributed by atoms with Gasteiger partial charge < -0.3 is 10.1 Å². The second-order valence-electron chi connectivity index (χ2n) is 5.06. The van der Waals surface area contributed by atoms with Crippen LogP contribution in [0.2, 0.25) is 0 Å². The number of ether oxygens (including phenoxy) is 1. The maximum Gasteiger partial charge on any atom is 0.372 e. The molecule has 0 aliphatic heterocycles. The van der Waals surface area contributed by atoms with Crippen LogP contribution in [0.25, 0.3) is 0 Å². The Morgan fingerprint density at radius 2 is 1.95 bits per heavy atom. The molecule has 0 unspecified atom stereocenters. The molecule has 0 aliphatic rings. The molecule has 1 aromatic heterocycles. The van der Waals surface area contributed by atoms with Crippen molar-refractivity contribution >= 4 is 11.5 Å². The molecule has 1 heterocycles. The number of rotatable bonds is 5. The van der Waals surface area contributed by atoms with Crippen LogP contribution in [0.15, 0.2) is 0 Å². The van der Waals surface area contributed by atoms with Gasteiger partial charge in [0, 0.05) is 12.0 Å². The monoisotopic (exact) mass is 268 g/mol. The van der Waals surface area contributed by atoms with Gasteiger partial charge in [0.2, 0.25) is 5.82 Å². The lowest BCUT2D eigenvalue weighted by molar-refractivity contribution is -0.385. The van der Waals surface area contributed by atoms with Crippen molar-refractivity contribution < 1.29 is 9.66 Å². The van der Waals surface area contributed by atoms with Gasteiger partial charge in [-0.15, -0.1) is 0 Å². The van der Waals surface area contributed by atoms with Crippen molar-refractivity contribution in [3.8, 4) is 5.88 Å². The predicted octanol–water partition coefficient (Wildman–Crippen LogP) is 2.56. The number of hydrogen-bond acceptors (Lipinski definition) is 6. The smallest absolute Gasteiger partial charge is 0.372 e. The first-order valence-corrected chi connectivity index (χ1v) is 6.24. The van der Waals surface area contributed by atoms with Crippen molar-refractivity contribution in [2.24, 2.45) is 0 Å². The van der Waals surface area contributed by atoms with Gasteiger partial charge in [-0.2, -0.15) is 4.98 Å². The quantitative estimate of drug-likeness (QED) is 0.652. The van der Waals surface area contributed by atoms with Gasteiger partial charge >= 0.3 is 5.69 Å².